The molecule has 75 heteroatoms. The van der Waals surface area contributed by atoms with Crippen LogP contribution in [0.3, 0.4) is 0 Å². The van der Waals surface area contributed by atoms with E-state index in [0.29, 0.717) is 0 Å². The molecule has 0 aromatic heterocycles. The molecule has 0 spiro atoms. The monoisotopic (exact) mass is 2380 g/mol. The van der Waals surface area contributed by atoms with E-state index in [1.54, 1.807) is 0 Å². The van der Waals surface area contributed by atoms with Gasteiger partial charge >= 0.3 is 183 Å². The van der Waals surface area contributed by atoms with Crippen LogP contribution in [-0.4, -0.2) is 71.8 Å². The molecule has 0 aliphatic heterocycles. The molecule has 0 bridgehead atoms. The molecule has 4 aromatic carbocycles. The third kappa shape index (κ3) is 65.8. The number of phosphoric acid groups is 4. The van der Waals surface area contributed by atoms with Crippen LogP contribution < -0.4 is 137 Å². The fourth-order valence-corrected chi connectivity index (χ4v) is 26.8. The summed E-state index contributed by atoms with van der Waals surface area (Å²) in [5, 5.41) is 0. The van der Waals surface area contributed by atoms with Gasteiger partial charge in [0, 0.05) is 22.6 Å². The SMILES string of the molecule is O=P([O-])([O-])C(c1ccccc1)C(P(=O)([O-])[O-])S(=O)(=O)O.O=P([O-])([O-])C(c1ccccc1)C(P(=O)([O-])[O-])S(=O)(=O)O.O=P([O-])([O-])C(c1ccccc1)C(P(=O)([O-])[O-])S(=O)(=O)O.O=P([O-])([O-])C(c1ccccc1)C(P(=O)([O-])[O-])S(=O)(=O)O.O=P([O-])([O-])[O-].O=P([O-])([O-])[O-].O=P([O-])([O-])[O-].O=P([O-])([O-])[O-].[Zr+4].[Zr+4].[Zr+4].[Zr+4].[Zr+4].[Zr+4].[Zr+4]. The molecule has 0 amide bonds. The molecule has 0 aliphatic carbocycles. The standard InChI is InChI=1S/4C8H12O9P2S.4H3O4P.7Zr/c4*9-18(10,11)7(6-4-2-1-3-5-6)8(19(12,13)14)20(15,16)17;4*1-5(2,3)4;;;;;;;/h4*1-5,7-8H,(H2,9,10,11)(H2,12,13,14)(H,15,16,17);4*(H3,1,2,3,4);;;;;;;/q;;;;;;;;7*+4/p-28. The number of benzene rings is 4. The number of rotatable bonds is 20. The molecule has 0 saturated carbocycles. The van der Waals surface area contributed by atoms with E-state index in [1.165, 1.54) is 72.8 Å². The van der Waals surface area contributed by atoms with Gasteiger partial charge in [0.1, 0.15) is 20.0 Å². The Morgan fingerprint density at radius 2 is 0.280 bits per heavy atom. The van der Waals surface area contributed by atoms with Gasteiger partial charge in [-0.15, -0.1) is 0 Å². The van der Waals surface area contributed by atoms with Crippen LogP contribution in [0.15, 0.2) is 121 Å². The zero-order chi connectivity index (χ0) is 81.1. The molecule has 0 aliphatic rings. The third-order valence-corrected chi connectivity index (χ3v) is 29.8. The van der Waals surface area contributed by atoms with Crippen LogP contribution in [-0.2, 0) is 279 Å². The molecule has 584 valence electrons. The molecular formula is C32H32O52P12S4Zr7. The first kappa shape index (κ1) is 135. The molecule has 4 aromatic rings. The molecule has 107 heavy (non-hydrogen) atoms. The predicted octanol–water partition coefficient (Wildman–Crippen LogP) is -20.2. The molecular weight excluding hydrogens is 2350 g/mol. The molecule has 52 nitrogen and oxygen atoms in total. The van der Waals surface area contributed by atoms with Crippen LogP contribution in [0.1, 0.15) is 44.9 Å². The van der Waals surface area contributed by atoms with Crippen molar-refractivity contribution in [3.05, 3.63) is 144 Å². The maximum atomic E-state index is 11.2. The van der Waals surface area contributed by atoms with Crippen LogP contribution in [0, 0.1) is 0 Å². The average Bonchev–Trinajstić information content (AvgIpc) is 0.791. The van der Waals surface area contributed by atoms with Gasteiger partial charge in [-0.1, -0.05) is 152 Å². The first-order chi connectivity index (χ1) is 43.4. The van der Waals surface area contributed by atoms with Gasteiger partial charge in [-0.05, 0) is 52.6 Å². The summed E-state index contributed by atoms with van der Waals surface area (Å²) >= 11 is 0. The fraction of sp³-hybridized carbons (Fsp3) is 0.250. The van der Waals surface area contributed by atoms with Crippen molar-refractivity contribution >= 4 is 133 Å². The molecule has 0 radical (unpaired) electrons. The summed E-state index contributed by atoms with van der Waals surface area (Å²) in [6, 6.07) is 22.9. The normalized spacial score (nSPS) is 14.7. The van der Waals surface area contributed by atoms with E-state index < -0.39 is 197 Å². The van der Waals surface area contributed by atoms with Gasteiger partial charge in [0.15, 0.2) is 0 Å². The van der Waals surface area contributed by atoms with E-state index in [-0.39, 0.29) is 183 Å². The molecule has 4 N–H and O–H groups in total. The molecule has 0 heterocycles. The quantitative estimate of drug-likeness (QED) is 0.0471. The summed E-state index contributed by atoms with van der Waals surface area (Å²) in [4.78, 5) is 267. The minimum Gasteiger partial charge on any atom is -0.822 e. The van der Waals surface area contributed by atoms with E-state index in [1.807, 2.05) is 0 Å². The third-order valence-electron chi connectivity index (χ3n) is 9.47. The minimum absolute atomic E-state index is 0. The van der Waals surface area contributed by atoms with Gasteiger partial charge in [-0.3, -0.25) is 18.2 Å². The van der Waals surface area contributed by atoms with Crippen molar-refractivity contribution in [3.8, 4) is 0 Å². The molecule has 8 atom stereocenters. The second kappa shape index (κ2) is 54.0. The van der Waals surface area contributed by atoms with Gasteiger partial charge in [0.05, 0.1) is 0 Å². The Kier molecular flexibility index (Phi) is 67.9. The summed E-state index contributed by atoms with van der Waals surface area (Å²) in [7, 11) is -91.9. The van der Waals surface area contributed by atoms with Gasteiger partial charge < -0.3 is 192 Å². The molecule has 0 saturated heterocycles. The van der Waals surface area contributed by atoms with Gasteiger partial charge in [0.2, 0.25) is 0 Å². The number of hydrogen-bond donors (Lipinski definition) is 4. The van der Waals surface area contributed by atoms with E-state index in [0.717, 1.165) is 48.5 Å². The summed E-state index contributed by atoms with van der Waals surface area (Å²) in [5.41, 5.74) is -13.0. The van der Waals surface area contributed by atoms with Gasteiger partial charge in [0.25, 0.3) is 40.5 Å². The van der Waals surface area contributed by atoms with Crippen molar-refractivity contribution in [1.82, 2.24) is 0 Å². The van der Waals surface area contributed by atoms with E-state index in [4.69, 9.17) is 95.2 Å². The van der Waals surface area contributed by atoms with E-state index >= 15 is 0 Å². The Hall–Kier alpha value is 4.34. The average molecular weight is 2390 g/mol. The maximum absolute atomic E-state index is 11.2. The van der Waals surface area contributed by atoms with E-state index in [2.05, 4.69) is 0 Å². The fourth-order valence-electron chi connectivity index (χ4n) is 6.61. The van der Waals surface area contributed by atoms with Crippen LogP contribution in [0.4, 0.5) is 0 Å². The summed E-state index contributed by atoms with van der Waals surface area (Å²) in [5.74, 6) is 0. The predicted molar refractivity (Wildman–Crippen MR) is 269 cm³/mol. The largest absolute Gasteiger partial charge is 4.00 e. The van der Waals surface area contributed by atoms with Crippen LogP contribution in [0.2, 0.25) is 0 Å². The van der Waals surface area contributed by atoms with Crippen molar-refractivity contribution in [2.24, 2.45) is 0 Å². The van der Waals surface area contributed by atoms with Gasteiger partial charge in [-0.2, -0.15) is 65.0 Å². The van der Waals surface area contributed by atoms with Gasteiger partial charge in [-0.25, -0.2) is 0 Å². The van der Waals surface area contributed by atoms with Crippen LogP contribution in [0.5, 0.6) is 0 Å². The second-order valence-corrected chi connectivity index (χ2v) is 41.4. The summed E-state index contributed by atoms with van der Waals surface area (Å²) < 4.78 is 246. The molecule has 8 unspecified atom stereocenters. The maximum Gasteiger partial charge on any atom is 4.00 e. The first-order valence-corrected chi connectivity index (χ1v) is 47.3. The van der Waals surface area contributed by atoms with Crippen molar-refractivity contribution < 1.29 is 427 Å². The van der Waals surface area contributed by atoms with E-state index in [9.17, 15) is 148 Å². The van der Waals surface area contributed by atoms with Crippen molar-refractivity contribution in [1.29, 1.82) is 0 Å². The Morgan fingerprint density at radius 3 is 0.336 bits per heavy atom. The Balaban J connectivity index is -0.000000115. The van der Waals surface area contributed by atoms with Crippen LogP contribution in [0.25, 0.3) is 0 Å². The zero-order valence-corrected chi connectivity index (χ0v) is 81.3. The zero-order valence-electron chi connectivity index (χ0n) is 50.1. The Labute approximate surface area is 736 Å². The molecule has 0 fully saturated rings. The second-order valence-electron chi connectivity index (χ2n) is 17.2. The summed E-state index contributed by atoms with van der Waals surface area (Å²) in [6.07, 6.45) is 0. The minimum atomic E-state index is -6.13. The summed E-state index contributed by atoms with van der Waals surface area (Å²) in [6.45, 7) is 0. The Morgan fingerprint density at radius 1 is 0.196 bits per heavy atom. The smallest absolute Gasteiger partial charge is 0.822 e. The van der Waals surface area contributed by atoms with Crippen molar-refractivity contribution in [3.63, 3.8) is 0 Å². The van der Waals surface area contributed by atoms with Crippen molar-refractivity contribution in [2.75, 3.05) is 0 Å². The van der Waals surface area contributed by atoms with Crippen LogP contribution >= 0.6 is 92.1 Å². The Bertz CT molecular complexity index is 3770. The number of hydrogen-bond acceptors (Lipinski definition) is 48. The molecule has 4 rings (SSSR count). The van der Waals surface area contributed by atoms with Crippen molar-refractivity contribution in [2.45, 2.75) is 42.6 Å². The topological polar surface area (TPSA) is 1070 Å². The first-order valence-electron chi connectivity index (χ1n) is 22.5.